The molecule has 0 spiro atoms. The summed E-state index contributed by atoms with van der Waals surface area (Å²) in [6, 6.07) is 21.6. The topological polar surface area (TPSA) is 91.1 Å². The fourth-order valence-electron chi connectivity index (χ4n) is 5.50. The first-order chi connectivity index (χ1) is 16.8. The number of benzene rings is 3. The van der Waals surface area contributed by atoms with E-state index < -0.39 is 5.54 Å². The summed E-state index contributed by atoms with van der Waals surface area (Å²) >= 11 is 0. The highest BCUT2D eigenvalue weighted by atomic mass is 19.1. The highest BCUT2D eigenvalue weighted by Crippen LogP contribution is 2.40. The van der Waals surface area contributed by atoms with Crippen molar-refractivity contribution < 1.29 is 9.50 Å². The van der Waals surface area contributed by atoms with Crippen molar-refractivity contribution in [1.29, 1.82) is 0 Å². The molecule has 0 amide bonds. The number of aromatic nitrogens is 1. The number of aromatic amines is 1. The van der Waals surface area contributed by atoms with Crippen LogP contribution in [0, 0.1) is 12.7 Å². The molecule has 4 aromatic rings. The summed E-state index contributed by atoms with van der Waals surface area (Å²) < 4.78 is 13.4. The number of hydrogen-bond donors (Lipinski definition) is 4. The second-order valence-electron chi connectivity index (χ2n) is 9.84. The van der Waals surface area contributed by atoms with E-state index in [1.165, 1.54) is 12.1 Å². The Bertz CT molecular complexity index is 1400. The van der Waals surface area contributed by atoms with Crippen molar-refractivity contribution in [1.82, 2.24) is 10.3 Å². The third-order valence-electron chi connectivity index (χ3n) is 7.19. The molecule has 1 aliphatic heterocycles. The lowest BCUT2D eigenvalue weighted by Crippen LogP contribution is -2.58. The summed E-state index contributed by atoms with van der Waals surface area (Å²) in [6.07, 6.45) is 2.04. The first-order valence-corrected chi connectivity index (χ1v) is 12.0. The molecular weight excluding hydrogens is 441 g/mol. The van der Waals surface area contributed by atoms with E-state index in [-0.39, 0.29) is 29.1 Å². The zero-order valence-electron chi connectivity index (χ0n) is 19.7. The van der Waals surface area contributed by atoms with Crippen molar-refractivity contribution in [3.8, 4) is 5.75 Å². The molecule has 3 atom stereocenters. The number of H-pyrrole nitrogens is 1. The number of phenolic OH excluding ortho intramolecular Hbond substituents is 1. The molecule has 2 heterocycles. The average molecular weight is 472 g/mol. The summed E-state index contributed by atoms with van der Waals surface area (Å²) in [5, 5.41) is 14.4. The third-order valence-corrected chi connectivity index (χ3v) is 7.19. The van der Waals surface area contributed by atoms with Gasteiger partial charge in [-0.25, -0.2) is 4.39 Å². The molecule has 1 aromatic heterocycles. The van der Waals surface area contributed by atoms with Gasteiger partial charge in [0.25, 0.3) is 5.56 Å². The quantitative estimate of drug-likeness (QED) is 0.345. The predicted octanol–water partition coefficient (Wildman–Crippen LogP) is 4.51. The molecule has 0 radical (unpaired) electrons. The van der Waals surface area contributed by atoms with Crippen molar-refractivity contribution >= 4 is 10.9 Å². The number of nitrogens with one attached hydrogen (secondary N) is 2. The Morgan fingerprint density at radius 2 is 1.83 bits per heavy atom. The maximum atomic E-state index is 13.4. The lowest BCUT2D eigenvalue weighted by atomic mass is 9.68. The van der Waals surface area contributed by atoms with E-state index in [1.54, 1.807) is 24.3 Å². The smallest absolute Gasteiger partial charge is 0.252 e. The highest BCUT2D eigenvalue weighted by molar-refractivity contribution is 5.80. The first-order valence-electron chi connectivity index (χ1n) is 12.0. The molecule has 35 heavy (non-hydrogen) atoms. The van der Waals surface area contributed by atoms with Gasteiger partial charge in [0.15, 0.2) is 0 Å². The minimum atomic E-state index is -0.697. The molecule has 3 aromatic carbocycles. The van der Waals surface area contributed by atoms with Gasteiger partial charge < -0.3 is 21.1 Å². The number of aromatic hydroxyl groups is 1. The van der Waals surface area contributed by atoms with Crippen LogP contribution in [0.1, 0.15) is 41.0 Å². The molecule has 0 saturated carbocycles. The Morgan fingerprint density at radius 1 is 1.09 bits per heavy atom. The Kier molecular flexibility index (Phi) is 6.17. The molecule has 1 fully saturated rings. The largest absolute Gasteiger partial charge is 0.508 e. The summed E-state index contributed by atoms with van der Waals surface area (Å²) in [6.45, 7) is 2.74. The molecule has 0 aliphatic carbocycles. The van der Waals surface area contributed by atoms with Gasteiger partial charge in [-0.2, -0.15) is 0 Å². The van der Waals surface area contributed by atoms with Gasteiger partial charge in [-0.05, 0) is 91.7 Å². The average Bonchev–Trinajstić information content (AvgIpc) is 2.82. The van der Waals surface area contributed by atoms with Gasteiger partial charge in [-0.1, -0.05) is 35.9 Å². The van der Waals surface area contributed by atoms with Crippen molar-refractivity contribution in [3.05, 3.63) is 111 Å². The predicted molar refractivity (Wildman–Crippen MR) is 137 cm³/mol. The lowest BCUT2D eigenvalue weighted by Gasteiger charge is -2.44. The first kappa shape index (κ1) is 23.3. The van der Waals surface area contributed by atoms with Crippen LogP contribution < -0.4 is 16.6 Å². The van der Waals surface area contributed by atoms with Crippen LogP contribution in [-0.2, 0) is 6.42 Å². The molecule has 5 N–H and O–H groups in total. The van der Waals surface area contributed by atoms with Gasteiger partial charge in [-0.3, -0.25) is 4.79 Å². The second-order valence-corrected chi connectivity index (χ2v) is 9.84. The van der Waals surface area contributed by atoms with Crippen LogP contribution in [0.5, 0.6) is 5.75 Å². The van der Waals surface area contributed by atoms with Crippen LogP contribution >= 0.6 is 0 Å². The Morgan fingerprint density at radius 3 is 2.57 bits per heavy atom. The molecule has 6 heteroatoms. The van der Waals surface area contributed by atoms with E-state index in [9.17, 15) is 14.3 Å². The zero-order valence-corrected chi connectivity index (χ0v) is 19.7. The molecular formula is C29H30FN3O2. The Balaban J connectivity index is 1.57. The number of aryl methyl sites for hydroxylation is 1. The number of fused-ring (bicyclic) bond motifs is 1. The number of piperidine rings is 1. The third kappa shape index (κ3) is 4.85. The molecule has 0 bridgehead atoms. The summed E-state index contributed by atoms with van der Waals surface area (Å²) in [5.41, 5.74) is 10.8. The van der Waals surface area contributed by atoms with Crippen LogP contribution in [0.2, 0.25) is 0 Å². The maximum absolute atomic E-state index is 13.4. The van der Waals surface area contributed by atoms with Crippen molar-refractivity contribution in [3.63, 3.8) is 0 Å². The van der Waals surface area contributed by atoms with E-state index in [4.69, 9.17) is 5.73 Å². The fourth-order valence-corrected chi connectivity index (χ4v) is 5.50. The lowest BCUT2D eigenvalue weighted by molar-refractivity contribution is 0.230. The Labute approximate surface area is 203 Å². The number of pyridine rings is 1. The van der Waals surface area contributed by atoms with Gasteiger partial charge in [0.2, 0.25) is 0 Å². The van der Waals surface area contributed by atoms with Crippen molar-refractivity contribution in [2.24, 2.45) is 5.73 Å². The van der Waals surface area contributed by atoms with E-state index in [2.05, 4.69) is 16.4 Å². The molecule has 5 nitrogen and oxygen atoms in total. The van der Waals surface area contributed by atoms with E-state index in [0.29, 0.717) is 24.9 Å². The number of phenols is 1. The normalized spacial score (nSPS) is 21.2. The second kappa shape index (κ2) is 9.29. The number of hydrogen-bond acceptors (Lipinski definition) is 4. The summed E-state index contributed by atoms with van der Waals surface area (Å²) in [5.74, 6) is -0.452. The van der Waals surface area contributed by atoms with Gasteiger partial charge in [-0.15, -0.1) is 0 Å². The highest BCUT2D eigenvalue weighted by Gasteiger charge is 2.42. The zero-order chi connectivity index (χ0) is 24.6. The SMILES string of the molecule is Cc1ccc2[nH]c(=O)c(C(c3ccc(O)cc3)C3(N)CCNC(Cc4ccc(F)cc4)C3)cc2c1. The minimum absolute atomic E-state index is 0.0839. The van der Waals surface area contributed by atoms with E-state index >= 15 is 0 Å². The van der Waals surface area contributed by atoms with Gasteiger partial charge >= 0.3 is 0 Å². The van der Waals surface area contributed by atoms with Crippen LogP contribution in [0.15, 0.2) is 77.6 Å². The maximum Gasteiger partial charge on any atom is 0.252 e. The van der Waals surface area contributed by atoms with Crippen molar-refractivity contribution in [2.45, 2.75) is 43.7 Å². The van der Waals surface area contributed by atoms with Crippen LogP contribution in [0.4, 0.5) is 4.39 Å². The number of halogens is 1. The standard InChI is InChI=1S/C29H30FN3O2/c1-18-2-11-26-21(14-18)16-25(28(35)33-26)27(20-5-9-24(34)10-6-20)29(31)12-13-32-23(17-29)15-19-3-7-22(30)8-4-19/h2-11,14,16,23,27,32,34H,12-13,15,17,31H2,1H3,(H,33,35). The van der Waals surface area contributed by atoms with Crippen LogP contribution in [-0.4, -0.2) is 28.2 Å². The Hall–Kier alpha value is -3.48. The van der Waals surface area contributed by atoms with Gasteiger partial charge in [0.1, 0.15) is 11.6 Å². The van der Waals surface area contributed by atoms with Crippen molar-refractivity contribution in [2.75, 3.05) is 6.54 Å². The van der Waals surface area contributed by atoms with Gasteiger partial charge in [0, 0.05) is 28.6 Å². The van der Waals surface area contributed by atoms with E-state index in [1.807, 2.05) is 37.3 Å². The molecule has 180 valence electrons. The van der Waals surface area contributed by atoms with Crippen LogP contribution in [0.25, 0.3) is 10.9 Å². The fraction of sp³-hybridized carbons (Fsp3) is 0.276. The molecule has 5 rings (SSSR count). The van der Waals surface area contributed by atoms with Gasteiger partial charge in [0.05, 0.1) is 0 Å². The number of rotatable bonds is 5. The monoisotopic (exact) mass is 471 g/mol. The minimum Gasteiger partial charge on any atom is -0.508 e. The molecule has 3 unspecified atom stereocenters. The molecule has 1 aliphatic rings. The molecule has 1 saturated heterocycles. The van der Waals surface area contributed by atoms with E-state index in [0.717, 1.165) is 34.0 Å². The number of nitrogens with two attached hydrogens (primary N) is 1. The van der Waals surface area contributed by atoms with Crippen LogP contribution in [0.3, 0.4) is 0 Å². The summed E-state index contributed by atoms with van der Waals surface area (Å²) in [7, 11) is 0. The summed E-state index contributed by atoms with van der Waals surface area (Å²) in [4.78, 5) is 16.4.